The Morgan fingerprint density at radius 2 is 1.63 bits per heavy atom. The maximum absolute atomic E-state index is 14.5. The van der Waals surface area contributed by atoms with E-state index in [0.717, 1.165) is 69.6 Å². The van der Waals surface area contributed by atoms with Crippen LogP contribution in [-0.4, -0.2) is 94.3 Å². The van der Waals surface area contributed by atoms with Gasteiger partial charge in [0.1, 0.15) is 12.1 Å². The highest BCUT2D eigenvalue weighted by Gasteiger charge is 2.46. The van der Waals surface area contributed by atoms with Crippen LogP contribution in [0.4, 0.5) is 8.78 Å². The molecule has 0 bridgehead atoms. The number of fused-ring (bicyclic) bond motifs is 2. The second kappa shape index (κ2) is 19.3. The molecule has 1 aromatic carbocycles. The average Bonchev–Trinajstić information content (AvgIpc) is 3.83. The van der Waals surface area contributed by atoms with Crippen molar-refractivity contribution in [3.05, 3.63) is 34.7 Å². The van der Waals surface area contributed by atoms with E-state index >= 15 is 0 Å². The van der Waals surface area contributed by atoms with Crippen LogP contribution in [0.15, 0.2) is 24.3 Å². The topological polar surface area (TPSA) is 188 Å². The lowest BCUT2D eigenvalue weighted by atomic mass is 9.76. The fraction of sp³-hybridized carbons (Fsp3) is 0.651. The van der Waals surface area contributed by atoms with Crippen LogP contribution in [0, 0.1) is 11.8 Å². The van der Waals surface area contributed by atoms with Crippen molar-refractivity contribution in [2.24, 2.45) is 17.6 Å². The first kappa shape index (κ1) is 44.1. The number of carbonyl (C=O) groups excluding carboxylic acids is 7. The number of rotatable bonds is 14. The number of nitrogens with one attached hydrogen (secondary N) is 3. The molecule has 1 aliphatic carbocycles. The van der Waals surface area contributed by atoms with E-state index in [9.17, 15) is 42.3 Å². The van der Waals surface area contributed by atoms with Crippen molar-refractivity contribution in [1.29, 1.82) is 0 Å². The zero-order valence-corrected chi connectivity index (χ0v) is 34.9. The van der Waals surface area contributed by atoms with Crippen molar-refractivity contribution in [2.45, 2.75) is 153 Å². The van der Waals surface area contributed by atoms with Gasteiger partial charge < -0.3 is 31.5 Å². The van der Waals surface area contributed by atoms with Crippen LogP contribution in [-0.2, 0) is 34.7 Å². The molecule has 1 saturated carbocycles. The SMILES string of the molecule is CC(=O)N[C@@H]1CC[C@H](NC(=O)c2cc3cc(C(C)(F)F)ccc3s2)C(=O)N2[C@H](CC[C@H]2C(=O)N[C@@H](CCC(N)=O)C(=O)C[C@H](C(=O)N2CCCCC2)C2CCCCC2)C1. The highest BCUT2D eigenvalue weighted by atomic mass is 32.1. The maximum atomic E-state index is 14.5. The molecule has 5 N–H and O–H groups in total. The van der Waals surface area contributed by atoms with Crippen molar-refractivity contribution in [3.63, 3.8) is 0 Å². The molecular formula is C43H58F2N6O7S. The van der Waals surface area contributed by atoms with Gasteiger partial charge in [-0.15, -0.1) is 11.3 Å². The summed E-state index contributed by atoms with van der Waals surface area (Å²) in [7, 11) is 0. The lowest BCUT2D eigenvalue weighted by Gasteiger charge is -2.38. The standard InChI is InChI=1S/C43H58F2N6O7S/c1-25(52)47-29-12-14-33(49-40(56)37-22-27-21-28(43(2,44)45)11-17-36(27)59-37)42(58)51-30(23-29)13-16-34(51)39(55)48-32(15-18-38(46)54)35(53)24-31(26-9-5-3-6-10-26)41(57)50-19-7-4-8-20-50/h11,17,21-22,26,29-34H,3-10,12-16,18-20,23-24H2,1-2H3,(H2,46,54)(H,47,52)(H,48,55)(H,49,56)/t29-,30-,31+,32+,33+,34+/m1/s1. The number of primary amides is 1. The molecule has 4 fully saturated rings. The second-order valence-corrected chi connectivity index (χ2v) is 18.2. The minimum atomic E-state index is -3.07. The molecule has 16 heteroatoms. The second-order valence-electron chi connectivity index (χ2n) is 17.1. The monoisotopic (exact) mass is 840 g/mol. The Hall–Kier alpha value is -4.47. The minimum Gasteiger partial charge on any atom is -0.370 e. The number of piperidine rings is 1. The predicted molar refractivity (Wildman–Crippen MR) is 218 cm³/mol. The molecule has 6 atom stereocenters. The number of nitrogens with zero attached hydrogens (tertiary/aromatic N) is 2. The van der Waals surface area contributed by atoms with E-state index in [4.69, 9.17) is 5.73 Å². The molecule has 59 heavy (non-hydrogen) atoms. The molecule has 3 aliphatic heterocycles. The highest BCUT2D eigenvalue weighted by Crippen LogP contribution is 2.36. The molecule has 4 heterocycles. The van der Waals surface area contributed by atoms with E-state index in [1.165, 1.54) is 36.1 Å². The van der Waals surface area contributed by atoms with Crippen LogP contribution in [0.2, 0.25) is 0 Å². The fourth-order valence-electron chi connectivity index (χ4n) is 9.60. The van der Waals surface area contributed by atoms with Gasteiger partial charge in [-0.2, -0.15) is 0 Å². The molecule has 13 nitrogen and oxygen atoms in total. The number of ketones is 1. The summed E-state index contributed by atoms with van der Waals surface area (Å²) >= 11 is 1.10. The van der Waals surface area contributed by atoms with Crippen LogP contribution >= 0.6 is 11.3 Å². The predicted octanol–water partition coefficient (Wildman–Crippen LogP) is 5.08. The van der Waals surface area contributed by atoms with Gasteiger partial charge in [0.2, 0.25) is 29.5 Å². The van der Waals surface area contributed by atoms with Crippen LogP contribution in [0.5, 0.6) is 0 Å². The largest absolute Gasteiger partial charge is 0.370 e. The molecule has 2 aromatic rings. The molecule has 1 aromatic heterocycles. The Morgan fingerprint density at radius 3 is 2.31 bits per heavy atom. The Bertz CT molecular complexity index is 1910. The highest BCUT2D eigenvalue weighted by molar-refractivity contribution is 7.20. The van der Waals surface area contributed by atoms with Gasteiger partial charge in [0, 0.05) is 68.0 Å². The van der Waals surface area contributed by atoms with E-state index in [0.29, 0.717) is 42.4 Å². The Morgan fingerprint density at radius 1 is 0.915 bits per heavy atom. The Kier molecular flexibility index (Phi) is 14.4. The number of carbonyl (C=O) groups is 7. The summed E-state index contributed by atoms with van der Waals surface area (Å²) in [5, 5.41) is 9.10. The van der Waals surface area contributed by atoms with Crippen molar-refractivity contribution in [3.8, 4) is 0 Å². The van der Waals surface area contributed by atoms with Gasteiger partial charge in [0.25, 0.3) is 11.8 Å². The van der Waals surface area contributed by atoms with Crippen LogP contribution in [0.25, 0.3) is 10.1 Å². The fourth-order valence-corrected chi connectivity index (χ4v) is 10.5. The number of halogens is 2. The Labute approximate surface area is 347 Å². The van der Waals surface area contributed by atoms with E-state index in [1.807, 2.05) is 4.90 Å². The van der Waals surface area contributed by atoms with Crippen LogP contribution in [0.1, 0.15) is 132 Å². The summed E-state index contributed by atoms with van der Waals surface area (Å²) in [6.45, 7) is 3.50. The van der Waals surface area contributed by atoms with Gasteiger partial charge in [0.15, 0.2) is 5.78 Å². The molecule has 4 aliphatic rings. The van der Waals surface area contributed by atoms with E-state index in [-0.39, 0.29) is 72.1 Å². The molecule has 6 amide bonds. The summed E-state index contributed by atoms with van der Waals surface area (Å²) in [5.74, 6) is -6.50. The van der Waals surface area contributed by atoms with E-state index in [2.05, 4.69) is 16.0 Å². The lowest BCUT2D eigenvalue weighted by molar-refractivity contribution is -0.144. The first-order chi connectivity index (χ1) is 28.1. The third-order valence-electron chi connectivity index (χ3n) is 12.7. The van der Waals surface area contributed by atoms with Crippen molar-refractivity contribution >= 4 is 62.6 Å². The number of benzene rings is 1. The zero-order valence-electron chi connectivity index (χ0n) is 34.1. The maximum Gasteiger partial charge on any atom is 0.270 e. The molecule has 0 unspecified atom stereocenters. The zero-order chi connectivity index (χ0) is 42.4. The molecule has 6 rings (SSSR count). The quantitative estimate of drug-likeness (QED) is 0.204. The van der Waals surface area contributed by atoms with E-state index < -0.39 is 59.6 Å². The van der Waals surface area contributed by atoms with Crippen molar-refractivity contribution in [2.75, 3.05) is 13.1 Å². The third-order valence-corrected chi connectivity index (χ3v) is 13.8. The summed E-state index contributed by atoms with van der Waals surface area (Å²) in [6.07, 6.45) is 8.87. The molecular weight excluding hydrogens is 783 g/mol. The van der Waals surface area contributed by atoms with Gasteiger partial charge in [-0.1, -0.05) is 25.3 Å². The van der Waals surface area contributed by atoms with Crippen molar-refractivity contribution in [1.82, 2.24) is 25.8 Å². The molecule has 0 spiro atoms. The number of hydrogen-bond acceptors (Lipinski definition) is 8. The number of alkyl halides is 2. The number of likely N-dealkylation sites (tertiary alicyclic amines) is 1. The molecule has 0 radical (unpaired) electrons. The van der Waals surface area contributed by atoms with Gasteiger partial charge in [-0.25, -0.2) is 8.78 Å². The van der Waals surface area contributed by atoms with Gasteiger partial charge >= 0.3 is 0 Å². The lowest BCUT2D eigenvalue weighted by Crippen LogP contribution is -2.59. The van der Waals surface area contributed by atoms with Gasteiger partial charge in [0.05, 0.1) is 10.9 Å². The molecule has 3 saturated heterocycles. The summed E-state index contributed by atoms with van der Waals surface area (Å²) in [5.41, 5.74) is 5.33. The number of thiophene rings is 1. The number of Topliss-reactive ketones (excluding diaryl/α,β-unsaturated/α-hetero) is 1. The minimum absolute atomic E-state index is 0.0282. The smallest absolute Gasteiger partial charge is 0.270 e. The summed E-state index contributed by atoms with van der Waals surface area (Å²) < 4.78 is 28.7. The summed E-state index contributed by atoms with van der Waals surface area (Å²) in [6, 6.07) is 1.65. The first-order valence-electron chi connectivity index (χ1n) is 21.3. The molecule has 322 valence electrons. The third kappa shape index (κ3) is 11.0. The average molecular weight is 841 g/mol. The first-order valence-corrected chi connectivity index (χ1v) is 22.1. The van der Waals surface area contributed by atoms with Crippen LogP contribution < -0.4 is 21.7 Å². The summed E-state index contributed by atoms with van der Waals surface area (Å²) in [4.78, 5) is 98.5. The Balaban J connectivity index is 1.22. The van der Waals surface area contributed by atoms with Gasteiger partial charge in [-0.3, -0.25) is 33.6 Å². The van der Waals surface area contributed by atoms with E-state index in [1.54, 1.807) is 0 Å². The number of nitrogens with two attached hydrogens (primary N) is 1. The number of hydrogen-bond donors (Lipinski definition) is 4. The van der Waals surface area contributed by atoms with Crippen molar-refractivity contribution < 1.29 is 42.3 Å². The van der Waals surface area contributed by atoms with Gasteiger partial charge in [-0.05, 0) is 100 Å². The van der Waals surface area contributed by atoms with Crippen LogP contribution in [0.3, 0.4) is 0 Å². The normalized spacial score (nSPS) is 24.0. The number of amides is 6.